The number of anilines is 2. The van der Waals surface area contributed by atoms with Gasteiger partial charge in [0.25, 0.3) is 5.91 Å². The summed E-state index contributed by atoms with van der Waals surface area (Å²) in [6.45, 7) is 0. The van der Waals surface area contributed by atoms with Crippen LogP contribution in [0.1, 0.15) is 17.7 Å². The normalized spacial score (nSPS) is 15.3. The van der Waals surface area contributed by atoms with Crippen molar-refractivity contribution in [1.29, 1.82) is 0 Å². The van der Waals surface area contributed by atoms with Gasteiger partial charge in [-0.15, -0.1) is 0 Å². The molecule has 0 radical (unpaired) electrons. The van der Waals surface area contributed by atoms with Gasteiger partial charge < -0.3 is 15.4 Å². The second-order valence-electron chi connectivity index (χ2n) is 6.56. The molecule has 0 spiro atoms. The molecule has 6 nitrogen and oxygen atoms in total. The van der Waals surface area contributed by atoms with Gasteiger partial charge in [-0.25, -0.2) is 0 Å². The molecule has 2 amide bonds. The van der Waals surface area contributed by atoms with E-state index in [1.54, 1.807) is 24.4 Å². The summed E-state index contributed by atoms with van der Waals surface area (Å²) in [6.07, 6.45) is 4.62. The minimum absolute atomic E-state index is 0.0752. The van der Waals surface area contributed by atoms with E-state index in [1.165, 1.54) is 0 Å². The Hall–Kier alpha value is -3.93. The molecular formula is C23H19N3O3. The lowest BCUT2D eigenvalue weighted by Gasteiger charge is -2.25. The first-order chi connectivity index (χ1) is 14.2. The lowest BCUT2D eigenvalue weighted by Crippen LogP contribution is -2.39. The third-order valence-corrected chi connectivity index (χ3v) is 4.38. The molecule has 1 aliphatic heterocycles. The Morgan fingerprint density at radius 2 is 1.93 bits per heavy atom. The Labute approximate surface area is 168 Å². The molecule has 1 unspecified atom stereocenters. The molecule has 6 heteroatoms. The van der Waals surface area contributed by atoms with Crippen LogP contribution in [0.15, 0.2) is 72.9 Å². The smallest absolute Gasteiger partial charge is 0.266 e. The summed E-state index contributed by atoms with van der Waals surface area (Å²) in [5.74, 6) is -0.0622. The van der Waals surface area contributed by atoms with Crippen molar-refractivity contribution in [2.45, 2.75) is 12.5 Å². The molecule has 2 heterocycles. The maximum atomic E-state index is 12.4. The van der Waals surface area contributed by atoms with E-state index in [2.05, 4.69) is 15.6 Å². The van der Waals surface area contributed by atoms with E-state index in [0.29, 0.717) is 17.1 Å². The van der Waals surface area contributed by atoms with Crippen molar-refractivity contribution in [3.8, 4) is 5.75 Å². The minimum Gasteiger partial charge on any atom is -0.478 e. The highest BCUT2D eigenvalue weighted by Gasteiger charge is 2.29. The van der Waals surface area contributed by atoms with Crippen LogP contribution >= 0.6 is 0 Å². The summed E-state index contributed by atoms with van der Waals surface area (Å²) >= 11 is 0. The predicted octanol–water partition coefficient (Wildman–Crippen LogP) is 3.98. The summed E-state index contributed by atoms with van der Waals surface area (Å²) in [6, 6.07) is 20.3. The lowest BCUT2D eigenvalue weighted by molar-refractivity contribution is -0.128. The number of carbonyl (C=O) groups is 2. The van der Waals surface area contributed by atoms with E-state index < -0.39 is 6.10 Å². The van der Waals surface area contributed by atoms with Crippen molar-refractivity contribution in [2.75, 3.05) is 10.6 Å². The van der Waals surface area contributed by atoms with Crippen molar-refractivity contribution in [1.82, 2.24) is 4.98 Å². The lowest BCUT2D eigenvalue weighted by atomic mass is 10.1. The molecule has 1 aliphatic rings. The molecular weight excluding hydrogens is 366 g/mol. The average molecular weight is 385 g/mol. The Bertz CT molecular complexity index is 1060. The summed E-state index contributed by atoms with van der Waals surface area (Å²) in [7, 11) is 0. The number of rotatable bonds is 5. The third-order valence-electron chi connectivity index (χ3n) is 4.38. The van der Waals surface area contributed by atoms with Gasteiger partial charge in [0, 0.05) is 11.9 Å². The molecule has 3 aromatic rings. The van der Waals surface area contributed by atoms with Crippen molar-refractivity contribution >= 4 is 35.3 Å². The van der Waals surface area contributed by atoms with E-state index >= 15 is 0 Å². The second kappa shape index (κ2) is 8.39. The number of nitrogens with one attached hydrogen (secondary N) is 2. The zero-order valence-corrected chi connectivity index (χ0v) is 15.5. The molecule has 144 valence electrons. The van der Waals surface area contributed by atoms with Crippen LogP contribution in [0, 0.1) is 0 Å². The molecule has 0 fully saturated rings. The Balaban J connectivity index is 1.39. The molecule has 29 heavy (non-hydrogen) atoms. The first kappa shape index (κ1) is 18.4. The number of fused-ring (bicyclic) bond motifs is 1. The highest BCUT2D eigenvalue weighted by molar-refractivity contribution is 6.02. The molecule has 1 aromatic heterocycles. The number of hydrogen-bond donors (Lipinski definition) is 2. The van der Waals surface area contributed by atoms with Crippen molar-refractivity contribution in [2.24, 2.45) is 0 Å². The molecule has 2 N–H and O–H groups in total. The topological polar surface area (TPSA) is 80.3 Å². The fourth-order valence-corrected chi connectivity index (χ4v) is 2.98. The molecule has 0 bridgehead atoms. The Morgan fingerprint density at radius 1 is 1.07 bits per heavy atom. The Kier molecular flexibility index (Phi) is 5.33. The van der Waals surface area contributed by atoms with Crippen LogP contribution in [-0.4, -0.2) is 22.9 Å². The van der Waals surface area contributed by atoms with Gasteiger partial charge in [-0.3, -0.25) is 14.6 Å². The fraction of sp³-hybridized carbons (Fsp3) is 0.0870. The number of carbonyl (C=O) groups excluding carboxylic acids is 2. The highest BCUT2D eigenvalue weighted by Crippen LogP contribution is 2.29. The number of benzene rings is 2. The van der Waals surface area contributed by atoms with Crippen LogP contribution in [-0.2, 0) is 9.59 Å². The van der Waals surface area contributed by atoms with Crippen LogP contribution in [0.3, 0.4) is 0 Å². The maximum absolute atomic E-state index is 12.4. The quantitative estimate of drug-likeness (QED) is 0.696. The number of ether oxygens (including phenoxy) is 1. The summed E-state index contributed by atoms with van der Waals surface area (Å²) in [4.78, 5) is 28.9. The number of amides is 2. The monoisotopic (exact) mass is 385 g/mol. The average Bonchev–Trinajstić information content (AvgIpc) is 2.74. The highest BCUT2D eigenvalue weighted by atomic mass is 16.5. The van der Waals surface area contributed by atoms with Gasteiger partial charge in [-0.05, 0) is 48.0 Å². The van der Waals surface area contributed by atoms with Gasteiger partial charge in [-0.2, -0.15) is 0 Å². The predicted molar refractivity (Wildman–Crippen MR) is 112 cm³/mol. The van der Waals surface area contributed by atoms with Crippen LogP contribution < -0.4 is 15.4 Å². The summed E-state index contributed by atoms with van der Waals surface area (Å²) in [5.41, 5.74) is 3.04. The summed E-state index contributed by atoms with van der Waals surface area (Å²) in [5, 5.41) is 5.59. The zero-order valence-electron chi connectivity index (χ0n) is 15.5. The standard InChI is InChI=1S/C23H19N3O3/c27-22(15-21-23(28)26-19-9-1-2-10-20(19)29-21)25-18-8-5-6-16(14-18)11-12-17-7-3-4-13-24-17/h1-14,21H,15H2,(H,25,27)(H,26,28). The molecule has 0 saturated carbocycles. The second-order valence-corrected chi connectivity index (χ2v) is 6.56. The number of hydrogen-bond acceptors (Lipinski definition) is 4. The largest absolute Gasteiger partial charge is 0.478 e. The van der Waals surface area contributed by atoms with Crippen molar-refractivity contribution in [3.63, 3.8) is 0 Å². The molecule has 0 aliphatic carbocycles. The van der Waals surface area contributed by atoms with Crippen molar-refractivity contribution in [3.05, 3.63) is 84.2 Å². The summed E-state index contributed by atoms with van der Waals surface area (Å²) < 4.78 is 5.67. The zero-order chi connectivity index (χ0) is 20.1. The van der Waals surface area contributed by atoms with Gasteiger partial charge in [0.05, 0.1) is 17.8 Å². The number of aromatic nitrogens is 1. The molecule has 2 aromatic carbocycles. The maximum Gasteiger partial charge on any atom is 0.266 e. The fourth-order valence-electron chi connectivity index (χ4n) is 2.98. The van der Waals surface area contributed by atoms with Gasteiger partial charge in [-0.1, -0.05) is 36.4 Å². The van der Waals surface area contributed by atoms with Crippen LogP contribution in [0.5, 0.6) is 5.75 Å². The molecule has 1 atom stereocenters. The van der Waals surface area contributed by atoms with Gasteiger partial charge in [0.2, 0.25) is 5.91 Å². The van der Waals surface area contributed by atoms with Crippen LogP contribution in [0.4, 0.5) is 11.4 Å². The number of nitrogens with zero attached hydrogens (tertiary/aromatic N) is 1. The van der Waals surface area contributed by atoms with E-state index in [4.69, 9.17) is 4.74 Å². The van der Waals surface area contributed by atoms with Crippen LogP contribution in [0.25, 0.3) is 12.2 Å². The first-order valence-electron chi connectivity index (χ1n) is 9.23. The SMILES string of the molecule is O=C(CC1Oc2ccccc2NC1=O)Nc1cccc(C=Cc2ccccn2)c1. The first-order valence-corrected chi connectivity index (χ1v) is 9.23. The third kappa shape index (κ3) is 4.68. The minimum atomic E-state index is -0.864. The van der Waals surface area contributed by atoms with E-state index in [1.807, 2.05) is 60.7 Å². The number of pyridine rings is 1. The van der Waals surface area contributed by atoms with Crippen molar-refractivity contribution < 1.29 is 14.3 Å². The van der Waals surface area contributed by atoms with Gasteiger partial charge >= 0.3 is 0 Å². The molecule has 0 saturated heterocycles. The van der Waals surface area contributed by atoms with E-state index in [9.17, 15) is 9.59 Å². The van der Waals surface area contributed by atoms with E-state index in [-0.39, 0.29) is 18.2 Å². The van der Waals surface area contributed by atoms with Crippen LogP contribution in [0.2, 0.25) is 0 Å². The van der Waals surface area contributed by atoms with Gasteiger partial charge in [0.1, 0.15) is 5.75 Å². The Morgan fingerprint density at radius 3 is 2.79 bits per heavy atom. The van der Waals surface area contributed by atoms with Gasteiger partial charge in [0.15, 0.2) is 6.10 Å². The van der Waals surface area contributed by atoms with E-state index in [0.717, 1.165) is 11.3 Å². The number of para-hydroxylation sites is 2. The molecule has 4 rings (SSSR count).